The second-order valence-electron chi connectivity index (χ2n) is 5.08. The van der Waals surface area contributed by atoms with Crippen molar-refractivity contribution in [2.75, 3.05) is 13.2 Å². The number of carbonyl (C=O) groups excluding carboxylic acids is 1. The third-order valence-electron chi connectivity index (χ3n) is 3.44. The second kappa shape index (κ2) is 7.84. The van der Waals surface area contributed by atoms with E-state index in [9.17, 15) is 4.79 Å². The molecule has 0 radical (unpaired) electrons. The Kier molecular flexibility index (Phi) is 5.33. The van der Waals surface area contributed by atoms with Crippen LogP contribution < -0.4 is 9.47 Å². The molecule has 0 saturated carbocycles. The second-order valence-corrected chi connectivity index (χ2v) is 6.10. The molecule has 0 saturated heterocycles. The smallest absolute Gasteiger partial charge is 0.488 e. The average molecular weight is 342 g/mol. The first-order chi connectivity index (χ1) is 11.8. The van der Waals surface area contributed by atoms with Gasteiger partial charge in [0.05, 0.1) is 13.2 Å². The van der Waals surface area contributed by atoms with Gasteiger partial charge in [0.1, 0.15) is 0 Å². The summed E-state index contributed by atoms with van der Waals surface area (Å²) in [6.07, 6.45) is 0.0705. The van der Waals surface area contributed by atoms with Crippen molar-refractivity contribution < 1.29 is 19.0 Å². The van der Waals surface area contributed by atoms with Crippen LogP contribution in [-0.2, 0) is 11.2 Å². The van der Waals surface area contributed by atoms with Gasteiger partial charge in [0.2, 0.25) is 5.06 Å². The van der Waals surface area contributed by atoms with Crippen LogP contribution in [0.1, 0.15) is 12.5 Å². The molecule has 0 aliphatic rings. The number of benzene rings is 2. The Bertz CT molecular complexity index is 811. The summed E-state index contributed by atoms with van der Waals surface area (Å²) in [4.78, 5) is 11.6. The maximum Gasteiger partial charge on any atom is 0.514 e. The van der Waals surface area contributed by atoms with E-state index in [1.807, 2.05) is 42.5 Å². The van der Waals surface area contributed by atoms with E-state index in [4.69, 9.17) is 14.2 Å². The summed E-state index contributed by atoms with van der Waals surface area (Å²) in [5.74, 6) is 0.597. The SMILES string of the molecule is CCOC(=O)Oc1sc2ccccc2c1OCCc1ccccc1. The molecule has 3 rings (SSSR count). The molecule has 0 unspecified atom stereocenters. The first-order valence-corrected chi connectivity index (χ1v) is 8.62. The molecule has 3 aromatic rings. The molecule has 0 amide bonds. The van der Waals surface area contributed by atoms with Gasteiger partial charge in [-0.3, -0.25) is 0 Å². The molecule has 124 valence electrons. The fraction of sp³-hybridized carbons (Fsp3) is 0.211. The zero-order valence-electron chi connectivity index (χ0n) is 13.4. The average Bonchev–Trinajstić information content (AvgIpc) is 2.93. The highest BCUT2D eigenvalue weighted by atomic mass is 32.1. The fourth-order valence-corrected chi connectivity index (χ4v) is 3.33. The lowest BCUT2D eigenvalue weighted by atomic mass is 10.2. The number of fused-ring (bicyclic) bond motifs is 1. The van der Waals surface area contributed by atoms with Crippen molar-refractivity contribution in [1.82, 2.24) is 0 Å². The third kappa shape index (κ3) is 3.86. The standard InChI is InChI=1S/C19H18O4S/c1-2-21-19(20)23-18-17(15-10-6-7-11-16(15)24-18)22-13-12-14-8-4-3-5-9-14/h3-11H,2,12-13H2,1H3. The predicted octanol–water partition coefficient (Wildman–Crippen LogP) is 5.06. The number of ether oxygens (including phenoxy) is 3. The molecule has 4 nitrogen and oxygen atoms in total. The van der Waals surface area contributed by atoms with Crippen LogP contribution in [0.2, 0.25) is 0 Å². The van der Waals surface area contributed by atoms with Gasteiger partial charge in [0.15, 0.2) is 5.75 Å². The maximum atomic E-state index is 11.6. The van der Waals surface area contributed by atoms with E-state index >= 15 is 0 Å². The molecule has 5 heteroatoms. The molecule has 0 fully saturated rings. The zero-order chi connectivity index (χ0) is 16.8. The summed E-state index contributed by atoms with van der Waals surface area (Å²) in [7, 11) is 0. The maximum absolute atomic E-state index is 11.6. The first kappa shape index (κ1) is 16.3. The molecule has 0 aliphatic carbocycles. The predicted molar refractivity (Wildman–Crippen MR) is 95.1 cm³/mol. The summed E-state index contributed by atoms with van der Waals surface area (Å²) in [5.41, 5.74) is 1.20. The number of thiophene rings is 1. The Morgan fingerprint density at radius 2 is 1.79 bits per heavy atom. The molecule has 24 heavy (non-hydrogen) atoms. The molecule has 0 N–H and O–H groups in total. The summed E-state index contributed by atoms with van der Waals surface area (Å²) < 4.78 is 17.1. The number of hydrogen-bond donors (Lipinski definition) is 0. The van der Waals surface area contributed by atoms with Crippen LogP contribution in [0.4, 0.5) is 4.79 Å². The quantitative estimate of drug-likeness (QED) is 0.588. The van der Waals surface area contributed by atoms with Crippen LogP contribution >= 0.6 is 11.3 Å². The van der Waals surface area contributed by atoms with E-state index < -0.39 is 6.16 Å². The topological polar surface area (TPSA) is 44.8 Å². The minimum absolute atomic E-state index is 0.272. The Labute approximate surface area is 144 Å². The van der Waals surface area contributed by atoms with E-state index in [1.54, 1.807) is 6.92 Å². The van der Waals surface area contributed by atoms with Crippen LogP contribution in [0, 0.1) is 0 Å². The molecule has 0 aliphatic heterocycles. The van der Waals surface area contributed by atoms with E-state index in [0.29, 0.717) is 17.4 Å². The largest absolute Gasteiger partial charge is 0.514 e. The summed E-state index contributed by atoms with van der Waals surface area (Å²) in [6.45, 7) is 2.52. The zero-order valence-corrected chi connectivity index (χ0v) is 14.2. The van der Waals surface area contributed by atoms with Gasteiger partial charge in [0.25, 0.3) is 0 Å². The van der Waals surface area contributed by atoms with Crippen LogP contribution in [0.5, 0.6) is 10.8 Å². The minimum Gasteiger partial charge on any atom is -0.488 e. The Hall–Kier alpha value is -2.53. The van der Waals surface area contributed by atoms with Crippen LogP contribution in [0.3, 0.4) is 0 Å². The van der Waals surface area contributed by atoms with Crippen molar-refractivity contribution in [3.63, 3.8) is 0 Å². The van der Waals surface area contributed by atoms with Crippen LogP contribution in [0.25, 0.3) is 10.1 Å². The fourth-order valence-electron chi connectivity index (χ4n) is 2.34. The summed E-state index contributed by atoms with van der Waals surface area (Å²) in [6, 6.07) is 17.9. The molecular formula is C19H18O4S. The van der Waals surface area contributed by atoms with Crippen LogP contribution in [0.15, 0.2) is 54.6 Å². The number of carbonyl (C=O) groups is 1. The van der Waals surface area contributed by atoms with E-state index in [2.05, 4.69) is 12.1 Å². The van der Waals surface area contributed by atoms with Crippen LogP contribution in [-0.4, -0.2) is 19.4 Å². The van der Waals surface area contributed by atoms with Crippen molar-refractivity contribution in [2.24, 2.45) is 0 Å². The third-order valence-corrected chi connectivity index (χ3v) is 4.47. The van der Waals surface area contributed by atoms with Gasteiger partial charge >= 0.3 is 6.16 Å². The number of rotatable bonds is 6. The van der Waals surface area contributed by atoms with Gasteiger partial charge in [0, 0.05) is 16.5 Å². The van der Waals surface area contributed by atoms with Gasteiger partial charge in [-0.15, -0.1) is 0 Å². The Balaban J connectivity index is 1.77. The minimum atomic E-state index is -0.711. The van der Waals surface area contributed by atoms with Crippen molar-refractivity contribution in [3.8, 4) is 10.8 Å². The normalized spacial score (nSPS) is 10.5. The molecule has 0 spiro atoms. The summed E-state index contributed by atoms with van der Waals surface area (Å²) in [5, 5.41) is 1.37. The van der Waals surface area contributed by atoms with Crippen molar-refractivity contribution in [3.05, 3.63) is 60.2 Å². The number of hydrogen-bond acceptors (Lipinski definition) is 5. The van der Waals surface area contributed by atoms with Crippen molar-refractivity contribution in [1.29, 1.82) is 0 Å². The van der Waals surface area contributed by atoms with Crippen molar-refractivity contribution in [2.45, 2.75) is 13.3 Å². The molecular weight excluding hydrogens is 324 g/mol. The van der Waals surface area contributed by atoms with Gasteiger partial charge in [-0.05, 0) is 24.6 Å². The molecule has 0 atom stereocenters. The van der Waals surface area contributed by atoms with Gasteiger partial charge in [-0.1, -0.05) is 53.8 Å². The lowest BCUT2D eigenvalue weighted by Gasteiger charge is -2.08. The highest BCUT2D eigenvalue weighted by Gasteiger charge is 2.18. The Morgan fingerprint density at radius 3 is 2.58 bits per heavy atom. The van der Waals surface area contributed by atoms with E-state index in [1.165, 1.54) is 16.9 Å². The van der Waals surface area contributed by atoms with Gasteiger partial charge in [-0.2, -0.15) is 0 Å². The lowest BCUT2D eigenvalue weighted by Crippen LogP contribution is -2.10. The van der Waals surface area contributed by atoms with Gasteiger partial charge in [-0.25, -0.2) is 4.79 Å². The molecule has 0 bridgehead atoms. The molecule has 1 heterocycles. The highest BCUT2D eigenvalue weighted by Crippen LogP contribution is 2.44. The first-order valence-electron chi connectivity index (χ1n) is 7.80. The van der Waals surface area contributed by atoms with Crippen molar-refractivity contribution >= 4 is 27.6 Å². The van der Waals surface area contributed by atoms with E-state index in [-0.39, 0.29) is 6.61 Å². The highest BCUT2D eigenvalue weighted by molar-refractivity contribution is 7.21. The molecule has 1 aromatic heterocycles. The van der Waals surface area contributed by atoms with Gasteiger partial charge < -0.3 is 14.2 Å². The molecule has 2 aromatic carbocycles. The Morgan fingerprint density at radius 1 is 1.04 bits per heavy atom. The monoisotopic (exact) mass is 342 g/mol. The lowest BCUT2D eigenvalue weighted by molar-refractivity contribution is 0.104. The summed E-state index contributed by atoms with van der Waals surface area (Å²) >= 11 is 1.38. The van der Waals surface area contributed by atoms with E-state index in [0.717, 1.165) is 16.5 Å².